The highest BCUT2D eigenvalue weighted by molar-refractivity contribution is 9.10. The number of primary amides is 1. The number of carbonyl (C=O) groups excluding carboxylic acids is 1. The summed E-state index contributed by atoms with van der Waals surface area (Å²) in [6, 6.07) is 6.03. The largest absolute Gasteiger partial charge is 0.364 e. The normalized spacial score (nSPS) is 11.1. The van der Waals surface area contributed by atoms with E-state index in [1.165, 1.54) is 5.56 Å². The fourth-order valence-corrected chi connectivity index (χ4v) is 2.23. The van der Waals surface area contributed by atoms with Crippen molar-refractivity contribution in [3.05, 3.63) is 40.1 Å². The minimum atomic E-state index is -0.497. The Kier molecular flexibility index (Phi) is 3.15. The van der Waals surface area contributed by atoms with E-state index in [0.29, 0.717) is 11.6 Å². The zero-order chi connectivity index (χ0) is 12.6. The molecule has 2 N–H and O–H groups in total. The van der Waals surface area contributed by atoms with Crippen molar-refractivity contribution in [1.29, 1.82) is 0 Å². The molecular weight excluding hydrogens is 280 g/mol. The quantitative estimate of drug-likeness (QED) is 0.924. The third kappa shape index (κ3) is 2.17. The molecule has 0 unspecified atom stereocenters. The van der Waals surface area contributed by atoms with Gasteiger partial charge in [-0.3, -0.25) is 4.79 Å². The van der Waals surface area contributed by atoms with Crippen LogP contribution in [0.3, 0.4) is 0 Å². The topological polar surface area (TPSA) is 56.0 Å². The summed E-state index contributed by atoms with van der Waals surface area (Å²) in [7, 11) is 0. The van der Waals surface area contributed by atoms with Gasteiger partial charge in [0.05, 0.1) is 0 Å². The predicted molar refractivity (Wildman–Crippen MR) is 72.0 cm³/mol. The van der Waals surface area contributed by atoms with E-state index in [0.717, 1.165) is 15.2 Å². The molecule has 0 aliphatic heterocycles. The van der Waals surface area contributed by atoms with Crippen molar-refractivity contribution in [1.82, 2.24) is 4.98 Å². The number of pyridine rings is 1. The van der Waals surface area contributed by atoms with Gasteiger partial charge in [-0.1, -0.05) is 26.0 Å². The number of fused-ring (bicyclic) bond motifs is 1. The molecule has 0 saturated heterocycles. The molecule has 0 spiro atoms. The smallest absolute Gasteiger partial charge is 0.267 e. The molecule has 0 fully saturated rings. The average Bonchev–Trinajstić information content (AvgIpc) is 2.28. The molecule has 2 aromatic rings. The number of benzene rings is 1. The van der Waals surface area contributed by atoms with Crippen molar-refractivity contribution in [2.24, 2.45) is 5.73 Å². The van der Waals surface area contributed by atoms with Crippen molar-refractivity contribution in [2.75, 3.05) is 0 Å². The molecular formula is C13H13BrN2O. The van der Waals surface area contributed by atoms with Gasteiger partial charge >= 0.3 is 0 Å². The summed E-state index contributed by atoms with van der Waals surface area (Å²) in [5.41, 5.74) is 6.83. The lowest BCUT2D eigenvalue weighted by atomic mass is 9.99. The van der Waals surface area contributed by atoms with Crippen molar-refractivity contribution in [2.45, 2.75) is 19.8 Å². The van der Waals surface area contributed by atoms with Crippen molar-refractivity contribution in [3.63, 3.8) is 0 Å². The Hall–Kier alpha value is -1.42. The van der Waals surface area contributed by atoms with E-state index in [2.05, 4.69) is 40.8 Å². The number of hydrogen-bond acceptors (Lipinski definition) is 2. The van der Waals surface area contributed by atoms with Crippen molar-refractivity contribution in [3.8, 4) is 0 Å². The monoisotopic (exact) mass is 292 g/mol. The number of carbonyl (C=O) groups is 1. The van der Waals surface area contributed by atoms with E-state index in [-0.39, 0.29) is 0 Å². The standard InChI is InChI=1S/C13H13BrN2O/c1-7(2)8-3-4-9-10(5-8)12(13(15)17)16-6-11(9)14/h3-7H,1-2H3,(H2,15,17). The average molecular weight is 293 g/mol. The molecule has 17 heavy (non-hydrogen) atoms. The van der Waals surface area contributed by atoms with Crippen LogP contribution < -0.4 is 5.73 Å². The van der Waals surface area contributed by atoms with Crippen LogP contribution in [0, 0.1) is 0 Å². The summed E-state index contributed by atoms with van der Waals surface area (Å²) in [4.78, 5) is 15.4. The minimum absolute atomic E-state index is 0.325. The maximum atomic E-state index is 11.4. The Bertz CT molecular complexity index is 593. The second-order valence-electron chi connectivity index (χ2n) is 4.28. The van der Waals surface area contributed by atoms with Gasteiger partial charge in [0.15, 0.2) is 0 Å². The molecule has 88 valence electrons. The van der Waals surface area contributed by atoms with E-state index in [4.69, 9.17) is 5.73 Å². The SMILES string of the molecule is CC(C)c1ccc2c(Br)cnc(C(N)=O)c2c1. The molecule has 1 heterocycles. The van der Waals surface area contributed by atoms with Gasteiger partial charge in [0.2, 0.25) is 0 Å². The van der Waals surface area contributed by atoms with E-state index in [1.54, 1.807) is 6.20 Å². The molecule has 0 bridgehead atoms. The van der Waals surface area contributed by atoms with Crippen LogP contribution in [0.5, 0.6) is 0 Å². The Morgan fingerprint density at radius 3 is 2.65 bits per heavy atom. The molecule has 0 aliphatic rings. The van der Waals surface area contributed by atoms with Gasteiger partial charge < -0.3 is 5.73 Å². The van der Waals surface area contributed by atoms with E-state index in [9.17, 15) is 4.79 Å². The van der Waals surface area contributed by atoms with Crippen LogP contribution >= 0.6 is 15.9 Å². The molecule has 0 saturated carbocycles. The second-order valence-corrected chi connectivity index (χ2v) is 5.13. The van der Waals surface area contributed by atoms with E-state index >= 15 is 0 Å². The number of amides is 1. The Balaban J connectivity index is 2.80. The molecule has 2 rings (SSSR count). The molecule has 3 nitrogen and oxygen atoms in total. The lowest BCUT2D eigenvalue weighted by Crippen LogP contribution is -2.13. The highest BCUT2D eigenvalue weighted by atomic mass is 79.9. The molecule has 0 aliphatic carbocycles. The van der Waals surface area contributed by atoms with Gasteiger partial charge in [-0.25, -0.2) is 4.98 Å². The zero-order valence-corrected chi connectivity index (χ0v) is 11.3. The Labute approximate surface area is 108 Å². The first kappa shape index (κ1) is 12.0. The molecule has 1 aromatic heterocycles. The number of hydrogen-bond donors (Lipinski definition) is 1. The molecule has 1 aromatic carbocycles. The number of nitrogens with two attached hydrogens (primary N) is 1. The molecule has 1 amide bonds. The first-order valence-electron chi connectivity index (χ1n) is 5.38. The third-order valence-corrected chi connectivity index (χ3v) is 3.40. The fourth-order valence-electron chi connectivity index (χ4n) is 1.78. The summed E-state index contributed by atoms with van der Waals surface area (Å²) < 4.78 is 0.868. The van der Waals surface area contributed by atoms with Gasteiger partial charge in [-0.15, -0.1) is 0 Å². The van der Waals surface area contributed by atoms with E-state index < -0.39 is 5.91 Å². The Morgan fingerprint density at radius 1 is 1.35 bits per heavy atom. The van der Waals surface area contributed by atoms with Crippen LogP contribution in [-0.4, -0.2) is 10.9 Å². The van der Waals surface area contributed by atoms with Crippen LogP contribution in [0.25, 0.3) is 10.8 Å². The van der Waals surface area contributed by atoms with Crippen LogP contribution in [0.2, 0.25) is 0 Å². The lowest BCUT2D eigenvalue weighted by molar-refractivity contribution is 0.0997. The summed E-state index contributed by atoms with van der Waals surface area (Å²) in [6.07, 6.45) is 1.61. The molecule has 0 atom stereocenters. The van der Waals surface area contributed by atoms with Gasteiger partial charge in [-0.05, 0) is 38.9 Å². The number of halogens is 1. The first-order valence-corrected chi connectivity index (χ1v) is 6.18. The van der Waals surface area contributed by atoms with Gasteiger partial charge in [0.1, 0.15) is 5.69 Å². The minimum Gasteiger partial charge on any atom is -0.364 e. The second kappa shape index (κ2) is 4.45. The highest BCUT2D eigenvalue weighted by Crippen LogP contribution is 2.28. The lowest BCUT2D eigenvalue weighted by Gasteiger charge is -2.09. The number of nitrogens with zero attached hydrogens (tertiary/aromatic N) is 1. The van der Waals surface area contributed by atoms with Gasteiger partial charge in [0.25, 0.3) is 5.91 Å². The summed E-state index contributed by atoms with van der Waals surface area (Å²) in [5.74, 6) is -0.0949. The predicted octanol–water partition coefficient (Wildman–Crippen LogP) is 3.22. The number of aromatic nitrogens is 1. The summed E-state index contributed by atoms with van der Waals surface area (Å²) in [6.45, 7) is 4.22. The maximum absolute atomic E-state index is 11.4. The van der Waals surface area contributed by atoms with Crippen LogP contribution in [-0.2, 0) is 0 Å². The van der Waals surface area contributed by atoms with Crippen LogP contribution in [0.15, 0.2) is 28.9 Å². The van der Waals surface area contributed by atoms with Crippen molar-refractivity contribution < 1.29 is 4.79 Å². The number of rotatable bonds is 2. The molecule has 0 radical (unpaired) electrons. The van der Waals surface area contributed by atoms with Crippen molar-refractivity contribution >= 4 is 32.6 Å². The van der Waals surface area contributed by atoms with Crippen LogP contribution in [0.4, 0.5) is 0 Å². The van der Waals surface area contributed by atoms with Gasteiger partial charge in [0, 0.05) is 16.1 Å². The maximum Gasteiger partial charge on any atom is 0.267 e. The first-order chi connectivity index (χ1) is 8.00. The van der Waals surface area contributed by atoms with Crippen LogP contribution in [0.1, 0.15) is 35.8 Å². The summed E-state index contributed by atoms with van der Waals surface area (Å²) >= 11 is 3.43. The fraction of sp³-hybridized carbons (Fsp3) is 0.231. The Morgan fingerprint density at radius 2 is 2.06 bits per heavy atom. The highest BCUT2D eigenvalue weighted by Gasteiger charge is 2.12. The third-order valence-electron chi connectivity index (χ3n) is 2.76. The van der Waals surface area contributed by atoms with Gasteiger partial charge in [-0.2, -0.15) is 0 Å². The summed E-state index contributed by atoms with van der Waals surface area (Å²) in [5, 5.41) is 1.76. The zero-order valence-electron chi connectivity index (χ0n) is 9.70. The molecule has 4 heteroatoms. The van der Waals surface area contributed by atoms with E-state index in [1.807, 2.05) is 12.1 Å².